The van der Waals surface area contributed by atoms with Crippen LogP contribution in [-0.2, 0) is 17.8 Å². The van der Waals surface area contributed by atoms with E-state index in [1.165, 1.54) is 10.4 Å². The number of hydrogen-bond acceptors (Lipinski definition) is 5. The van der Waals surface area contributed by atoms with Crippen molar-refractivity contribution in [2.24, 2.45) is 5.92 Å². The van der Waals surface area contributed by atoms with E-state index in [4.69, 9.17) is 10.1 Å². The fourth-order valence-corrected chi connectivity index (χ4v) is 4.47. The average Bonchev–Trinajstić information content (AvgIpc) is 3.30. The first kappa shape index (κ1) is 19.6. The summed E-state index contributed by atoms with van der Waals surface area (Å²) in [5.74, 6) is -0.148. The van der Waals surface area contributed by atoms with Gasteiger partial charge in [-0.3, -0.25) is 4.79 Å². The van der Waals surface area contributed by atoms with Gasteiger partial charge in [0.15, 0.2) is 5.13 Å². The number of thiophene rings is 1. The smallest absolute Gasteiger partial charge is 0.305 e. The van der Waals surface area contributed by atoms with Gasteiger partial charge in [-0.2, -0.15) is 0 Å². The first-order valence-corrected chi connectivity index (χ1v) is 10.8. The lowest BCUT2D eigenvalue weighted by Crippen LogP contribution is -2.25. The Hall–Kier alpha value is -2.18. The minimum absolute atomic E-state index is 0.101. The third-order valence-corrected chi connectivity index (χ3v) is 5.94. The molecule has 27 heavy (non-hydrogen) atoms. The van der Waals surface area contributed by atoms with Crippen molar-refractivity contribution in [1.82, 2.24) is 4.98 Å². The molecule has 0 atom stereocenters. The Morgan fingerprint density at radius 3 is 2.59 bits per heavy atom. The van der Waals surface area contributed by atoms with Crippen LogP contribution in [0.1, 0.15) is 30.7 Å². The van der Waals surface area contributed by atoms with Crippen molar-refractivity contribution < 1.29 is 9.90 Å². The Morgan fingerprint density at radius 1 is 1.19 bits per heavy atom. The first-order chi connectivity index (χ1) is 13.0. The molecule has 1 N–H and O–H groups in total. The molecule has 4 nitrogen and oxygen atoms in total. The van der Waals surface area contributed by atoms with Crippen LogP contribution in [0.5, 0.6) is 0 Å². The molecule has 0 fully saturated rings. The van der Waals surface area contributed by atoms with Crippen molar-refractivity contribution >= 4 is 33.8 Å². The minimum atomic E-state index is -0.788. The number of carbonyl (C=O) groups is 1. The zero-order valence-corrected chi connectivity index (χ0v) is 17.2. The molecule has 3 rings (SSSR count). The monoisotopic (exact) mass is 400 g/mol. The van der Waals surface area contributed by atoms with Crippen molar-refractivity contribution in [3.8, 4) is 11.3 Å². The van der Waals surface area contributed by atoms with E-state index in [1.54, 1.807) is 22.7 Å². The third-order valence-electron chi connectivity index (χ3n) is 4.18. The van der Waals surface area contributed by atoms with Gasteiger partial charge in [0.1, 0.15) is 0 Å². The largest absolute Gasteiger partial charge is 0.481 e. The number of anilines is 1. The lowest BCUT2D eigenvalue weighted by Gasteiger charge is -2.20. The maximum absolute atomic E-state index is 11.0. The molecule has 0 radical (unpaired) electrons. The molecule has 0 amide bonds. The molecule has 0 aliphatic rings. The van der Waals surface area contributed by atoms with E-state index in [2.05, 4.69) is 54.5 Å². The summed E-state index contributed by atoms with van der Waals surface area (Å²) < 4.78 is 0. The molecule has 0 unspecified atom stereocenters. The van der Waals surface area contributed by atoms with Gasteiger partial charge in [0.2, 0.25) is 0 Å². The standard InChI is InChI=1S/C21H24N2O2S2/c1-15(2)12-16-5-7-17(8-6-16)19-14-27-21(22-19)23(10-9-20(24)25)13-18-4-3-11-26-18/h3-8,11,14-15H,9-10,12-13H2,1-2H3,(H,24,25). The first-order valence-electron chi connectivity index (χ1n) is 9.05. The highest BCUT2D eigenvalue weighted by atomic mass is 32.1. The Kier molecular flexibility index (Phi) is 6.63. The van der Waals surface area contributed by atoms with E-state index >= 15 is 0 Å². The van der Waals surface area contributed by atoms with Crippen molar-refractivity contribution in [3.05, 3.63) is 57.6 Å². The van der Waals surface area contributed by atoms with Crippen LogP contribution >= 0.6 is 22.7 Å². The van der Waals surface area contributed by atoms with Gasteiger partial charge in [-0.1, -0.05) is 44.2 Å². The van der Waals surface area contributed by atoms with E-state index in [-0.39, 0.29) is 6.42 Å². The molecule has 6 heteroatoms. The second-order valence-electron chi connectivity index (χ2n) is 6.95. The molecule has 0 saturated carbocycles. The Bertz CT molecular complexity index is 855. The molecule has 1 aromatic carbocycles. The number of aliphatic carboxylic acids is 1. The normalized spacial score (nSPS) is 11.1. The zero-order chi connectivity index (χ0) is 19.2. The third kappa shape index (κ3) is 5.65. The van der Waals surface area contributed by atoms with Gasteiger partial charge >= 0.3 is 5.97 Å². The van der Waals surface area contributed by atoms with Gasteiger partial charge in [-0.15, -0.1) is 22.7 Å². The van der Waals surface area contributed by atoms with Crippen LogP contribution in [0.3, 0.4) is 0 Å². The SMILES string of the molecule is CC(C)Cc1ccc(-c2csc(N(CCC(=O)O)Cc3cccs3)n2)cc1. The maximum atomic E-state index is 11.0. The summed E-state index contributed by atoms with van der Waals surface area (Å²) in [5.41, 5.74) is 3.38. The number of rotatable bonds is 9. The van der Waals surface area contributed by atoms with Gasteiger partial charge in [0, 0.05) is 22.4 Å². The maximum Gasteiger partial charge on any atom is 0.305 e. The van der Waals surface area contributed by atoms with Crippen LogP contribution < -0.4 is 4.90 Å². The molecule has 3 aromatic rings. The molecule has 0 aliphatic heterocycles. The highest BCUT2D eigenvalue weighted by Gasteiger charge is 2.15. The molecule has 2 aromatic heterocycles. The van der Waals surface area contributed by atoms with Crippen molar-refractivity contribution in [2.45, 2.75) is 33.2 Å². The van der Waals surface area contributed by atoms with Crippen LogP contribution in [0, 0.1) is 5.92 Å². The summed E-state index contributed by atoms with van der Waals surface area (Å²) in [4.78, 5) is 19.1. The summed E-state index contributed by atoms with van der Waals surface area (Å²) >= 11 is 3.24. The van der Waals surface area contributed by atoms with Crippen LogP contribution in [-0.4, -0.2) is 22.6 Å². The van der Waals surface area contributed by atoms with Crippen LogP contribution in [0.15, 0.2) is 47.2 Å². The average molecular weight is 401 g/mol. The van der Waals surface area contributed by atoms with Gasteiger partial charge in [0.25, 0.3) is 0 Å². The quantitative estimate of drug-likeness (QED) is 0.511. The predicted octanol–water partition coefficient (Wildman–Crippen LogP) is 5.55. The number of aromatic nitrogens is 1. The zero-order valence-electron chi connectivity index (χ0n) is 15.6. The highest BCUT2D eigenvalue weighted by molar-refractivity contribution is 7.14. The molecule has 0 spiro atoms. The molecule has 0 saturated heterocycles. The number of carboxylic acids is 1. The van der Waals surface area contributed by atoms with E-state index in [0.717, 1.165) is 22.8 Å². The second-order valence-corrected chi connectivity index (χ2v) is 8.82. The van der Waals surface area contributed by atoms with Gasteiger partial charge in [0.05, 0.1) is 18.7 Å². The van der Waals surface area contributed by atoms with Gasteiger partial charge in [-0.25, -0.2) is 4.98 Å². The molecule has 2 heterocycles. The predicted molar refractivity (Wildman–Crippen MR) is 114 cm³/mol. The number of nitrogens with zero attached hydrogens (tertiary/aromatic N) is 2. The van der Waals surface area contributed by atoms with E-state index in [1.807, 2.05) is 11.4 Å². The number of hydrogen-bond donors (Lipinski definition) is 1. The Labute approximate surface area is 168 Å². The molecule has 142 valence electrons. The fraction of sp³-hybridized carbons (Fsp3) is 0.333. The molecule has 0 aliphatic carbocycles. The molecule has 0 bridgehead atoms. The van der Waals surface area contributed by atoms with Crippen LogP contribution in [0.4, 0.5) is 5.13 Å². The van der Waals surface area contributed by atoms with Crippen molar-refractivity contribution in [1.29, 1.82) is 0 Å². The minimum Gasteiger partial charge on any atom is -0.481 e. The van der Waals surface area contributed by atoms with Gasteiger partial charge < -0.3 is 10.0 Å². The fourth-order valence-electron chi connectivity index (χ4n) is 2.89. The number of thiazole rings is 1. The van der Waals surface area contributed by atoms with E-state index in [9.17, 15) is 4.79 Å². The van der Waals surface area contributed by atoms with E-state index < -0.39 is 5.97 Å². The van der Waals surface area contributed by atoms with Crippen LogP contribution in [0.2, 0.25) is 0 Å². The second kappa shape index (κ2) is 9.15. The lowest BCUT2D eigenvalue weighted by atomic mass is 10.0. The summed E-state index contributed by atoms with van der Waals surface area (Å²) in [5, 5.41) is 14.0. The van der Waals surface area contributed by atoms with Gasteiger partial charge in [-0.05, 0) is 29.3 Å². The topological polar surface area (TPSA) is 53.4 Å². The Morgan fingerprint density at radius 2 is 1.96 bits per heavy atom. The number of benzene rings is 1. The summed E-state index contributed by atoms with van der Waals surface area (Å²) in [7, 11) is 0. The van der Waals surface area contributed by atoms with E-state index in [0.29, 0.717) is 19.0 Å². The summed E-state index contributed by atoms with van der Waals surface area (Å²) in [6, 6.07) is 12.7. The van der Waals surface area contributed by atoms with Crippen molar-refractivity contribution in [3.63, 3.8) is 0 Å². The number of carboxylic acid groups (broad SMARTS) is 1. The van der Waals surface area contributed by atoms with Crippen molar-refractivity contribution in [2.75, 3.05) is 11.4 Å². The summed E-state index contributed by atoms with van der Waals surface area (Å²) in [6.07, 6.45) is 1.18. The highest BCUT2D eigenvalue weighted by Crippen LogP contribution is 2.29. The summed E-state index contributed by atoms with van der Waals surface area (Å²) in [6.45, 7) is 5.58. The molecular weight excluding hydrogens is 376 g/mol. The lowest BCUT2D eigenvalue weighted by molar-refractivity contribution is -0.136. The molecular formula is C21H24N2O2S2. The Balaban J connectivity index is 1.76. The van der Waals surface area contributed by atoms with Crippen LogP contribution in [0.25, 0.3) is 11.3 Å².